The van der Waals surface area contributed by atoms with Crippen molar-refractivity contribution in [3.05, 3.63) is 59.7 Å². The van der Waals surface area contributed by atoms with Gasteiger partial charge in [-0.1, -0.05) is 23.8 Å². The van der Waals surface area contributed by atoms with Crippen LogP contribution < -0.4 is 16.0 Å². The van der Waals surface area contributed by atoms with Crippen LogP contribution in [0.3, 0.4) is 0 Å². The smallest absolute Gasteiger partial charge is 0.326 e. The molecule has 0 aliphatic carbocycles. The summed E-state index contributed by atoms with van der Waals surface area (Å²) in [6.45, 7) is 1.91. The second-order valence-electron chi connectivity index (χ2n) is 6.30. The molecule has 1 aliphatic rings. The van der Waals surface area contributed by atoms with Crippen molar-refractivity contribution in [2.75, 3.05) is 10.6 Å². The number of nitrogens with zero attached hydrogens (tertiary/aromatic N) is 1. The van der Waals surface area contributed by atoms with Gasteiger partial charge in [0.05, 0.1) is 12.0 Å². The van der Waals surface area contributed by atoms with Crippen molar-refractivity contribution in [1.29, 1.82) is 0 Å². The van der Waals surface area contributed by atoms with Crippen LogP contribution in [0.25, 0.3) is 0 Å². The molecule has 2 aromatic rings. The third kappa shape index (κ3) is 4.87. The molecule has 0 radical (unpaired) electrons. The third-order valence-electron chi connectivity index (χ3n) is 4.00. The van der Waals surface area contributed by atoms with Gasteiger partial charge in [0.15, 0.2) is 0 Å². The van der Waals surface area contributed by atoms with Crippen LogP contribution >= 0.6 is 0 Å². The summed E-state index contributed by atoms with van der Waals surface area (Å²) in [6, 6.07) is 10.6. The molecule has 2 amide bonds. The van der Waals surface area contributed by atoms with Crippen LogP contribution in [-0.4, -0.2) is 23.8 Å². The number of carbonyl (C=O) groups excluding carboxylic acids is 2. The molecule has 0 fully saturated rings. The Morgan fingerprint density at radius 1 is 1.14 bits per heavy atom. The van der Waals surface area contributed by atoms with Gasteiger partial charge in [-0.25, -0.2) is 4.99 Å². The molecule has 1 heterocycles. The second-order valence-corrected chi connectivity index (χ2v) is 6.30. The van der Waals surface area contributed by atoms with Gasteiger partial charge < -0.3 is 10.6 Å². The highest BCUT2D eigenvalue weighted by Crippen LogP contribution is 2.30. The van der Waals surface area contributed by atoms with Crippen LogP contribution in [0.5, 0.6) is 0 Å². The van der Waals surface area contributed by atoms with Crippen molar-refractivity contribution in [2.24, 2.45) is 4.99 Å². The van der Waals surface area contributed by atoms with Crippen molar-refractivity contribution in [3.63, 3.8) is 0 Å². The Labute approximate surface area is 158 Å². The number of nitrogens with one attached hydrogen (secondary N) is 3. The van der Waals surface area contributed by atoms with Gasteiger partial charge in [0.1, 0.15) is 6.04 Å². The van der Waals surface area contributed by atoms with E-state index in [1.807, 2.05) is 19.1 Å². The van der Waals surface area contributed by atoms with Gasteiger partial charge in [-0.05, 0) is 37.3 Å². The first-order valence-electron chi connectivity index (χ1n) is 8.40. The molecule has 0 bridgehead atoms. The lowest BCUT2D eigenvalue weighted by Gasteiger charge is -2.21. The Bertz CT molecular complexity index is 924. The number of guanidine groups is 1. The zero-order valence-corrected chi connectivity index (χ0v) is 14.8. The van der Waals surface area contributed by atoms with Gasteiger partial charge in [-0.2, -0.15) is 13.2 Å². The summed E-state index contributed by atoms with van der Waals surface area (Å²) < 4.78 is 38.5. The molecule has 6 nitrogen and oxygen atoms in total. The molecule has 1 atom stereocenters. The highest BCUT2D eigenvalue weighted by molar-refractivity contribution is 6.10. The number of aliphatic imine (C=N–C) groups is 1. The number of hydrogen-bond acceptors (Lipinski definition) is 4. The lowest BCUT2D eigenvalue weighted by atomic mass is 10.1. The van der Waals surface area contributed by atoms with E-state index in [-0.39, 0.29) is 18.1 Å². The largest absolute Gasteiger partial charge is 0.416 e. The molecule has 2 aromatic carbocycles. The van der Waals surface area contributed by atoms with Crippen LogP contribution in [0.1, 0.15) is 17.5 Å². The van der Waals surface area contributed by atoms with E-state index in [9.17, 15) is 22.8 Å². The number of amides is 2. The number of hydrogen-bond donors (Lipinski definition) is 3. The summed E-state index contributed by atoms with van der Waals surface area (Å²) in [4.78, 5) is 28.4. The molecule has 0 saturated carbocycles. The van der Waals surface area contributed by atoms with Gasteiger partial charge in [-0.3, -0.25) is 14.9 Å². The lowest BCUT2D eigenvalue weighted by molar-refractivity contribution is -0.137. The number of aryl methyl sites for hydroxylation is 1. The highest BCUT2D eigenvalue weighted by Gasteiger charge is 2.31. The maximum Gasteiger partial charge on any atom is 0.416 e. The van der Waals surface area contributed by atoms with Crippen molar-refractivity contribution < 1.29 is 22.8 Å². The predicted molar refractivity (Wildman–Crippen MR) is 98.9 cm³/mol. The average Bonchev–Trinajstić information content (AvgIpc) is 2.62. The van der Waals surface area contributed by atoms with Crippen molar-refractivity contribution in [2.45, 2.75) is 25.6 Å². The van der Waals surface area contributed by atoms with E-state index < -0.39 is 29.6 Å². The van der Waals surface area contributed by atoms with E-state index in [0.29, 0.717) is 5.69 Å². The molecule has 9 heteroatoms. The molecule has 0 spiro atoms. The van der Waals surface area contributed by atoms with E-state index in [1.165, 1.54) is 12.1 Å². The minimum Gasteiger partial charge on any atom is -0.326 e. The van der Waals surface area contributed by atoms with Crippen molar-refractivity contribution >= 4 is 29.1 Å². The van der Waals surface area contributed by atoms with Crippen molar-refractivity contribution in [1.82, 2.24) is 5.32 Å². The van der Waals surface area contributed by atoms with Crippen LogP contribution in [0.2, 0.25) is 0 Å². The molecule has 1 aliphatic heterocycles. The van der Waals surface area contributed by atoms with Gasteiger partial charge in [0.25, 0.3) is 0 Å². The summed E-state index contributed by atoms with van der Waals surface area (Å²) in [5.74, 6) is -1.03. The number of benzene rings is 2. The molecule has 146 valence electrons. The first-order chi connectivity index (χ1) is 13.2. The van der Waals surface area contributed by atoms with E-state index >= 15 is 0 Å². The van der Waals surface area contributed by atoms with Crippen LogP contribution in [0.4, 0.5) is 24.5 Å². The summed E-state index contributed by atoms with van der Waals surface area (Å²) in [6.07, 6.45) is -4.66. The quantitative estimate of drug-likeness (QED) is 0.752. The van der Waals surface area contributed by atoms with Gasteiger partial charge >= 0.3 is 6.18 Å². The first kappa shape index (κ1) is 19.4. The molecule has 0 saturated heterocycles. The van der Waals surface area contributed by atoms with Crippen LogP contribution in [-0.2, 0) is 15.8 Å². The normalized spacial score (nSPS) is 16.8. The Kier molecular flexibility index (Phi) is 5.34. The van der Waals surface area contributed by atoms with E-state index in [4.69, 9.17) is 0 Å². The molecular weight excluding hydrogens is 373 g/mol. The number of anilines is 2. The topological polar surface area (TPSA) is 82.6 Å². The summed E-state index contributed by atoms with van der Waals surface area (Å²) >= 11 is 0. The number of halogens is 3. The maximum absolute atomic E-state index is 12.8. The van der Waals surface area contributed by atoms with Gasteiger partial charge in [0, 0.05) is 11.4 Å². The number of rotatable bonds is 3. The molecular formula is C19H17F3N4O2. The van der Waals surface area contributed by atoms with E-state index in [2.05, 4.69) is 20.9 Å². The Morgan fingerprint density at radius 3 is 2.54 bits per heavy atom. The monoisotopic (exact) mass is 390 g/mol. The van der Waals surface area contributed by atoms with Gasteiger partial charge in [0.2, 0.25) is 17.8 Å². The van der Waals surface area contributed by atoms with Gasteiger partial charge in [-0.15, -0.1) is 0 Å². The predicted octanol–water partition coefficient (Wildman–Crippen LogP) is 3.31. The minimum absolute atomic E-state index is 0.0837. The molecule has 0 aromatic heterocycles. The standard InChI is InChI=1S/C19H17F3N4O2/c1-11-5-7-13(8-6-11)23-17(28)15-10-16(27)26-18(25-15)24-14-4-2-3-12(9-14)19(20,21)22/h2-9,15H,10H2,1H3,(H,23,28)(H2,24,25,26,27)/t15-/m0/s1. The average molecular weight is 390 g/mol. The molecule has 3 rings (SSSR count). The second kappa shape index (κ2) is 7.71. The van der Waals surface area contributed by atoms with Crippen LogP contribution in [0.15, 0.2) is 53.5 Å². The number of alkyl halides is 3. The fourth-order valence-electron chi connectivity index (χ4n) is 2.58. The molecule has 3 N–H and O–H groups in total. The summed E-state index contributed by atoms with van der Waals surface area (Å²) in [5, 5.41) is 7.71. The first-order valence-corrected chi connectivity index (χ1v) is 8.40. The summed E-state index contributed by atoms with van der Waals surface area (Å²) in [5.41, 5.74) is 0.840. The fourth-order valence-corrected chi connectivity index (χ4v) is 2.58. The molecule has 0 unspecified atom stereocenters. The fraction of sp³-hybridized carbons (Fsp3) is 0.211. The van der Waals surface area contributed by atoms with E-state index in [1.54, 1.807) is 12.1 Å². The van der Waals surface area contributed by atoms with Crippen molar-refractivity contribution in [3.8, 4) is 0 Å². The Morgan fingerprint density at radius 2 is 1.86 bits per heavy atom. The molecule has 28 heavy (non-hydrogen) atoms. The van der Waals surface area contributed by atoms with E-state index in [0.717, 1.165) is 17.7 Å². The SMILES string of the molecule is Cc1ccc(NC(=O)[C@@H]2CC(=O)NC(Nc3cccc(C(F)(F)F)c3)=N2)cc1. The third-order valence-corrected chi connectivity index (χ3v) is 4.00. The Hall–Kier alpha value is -3.36. The summed E-state index contributed by atoms with van der Waals surface area (Å²) in [7, 11) is 0. The Balaban J connectivity index is 1.74. The zero-order valence-electron chi connectivity index (χ0n) is 14.8. The highest BCUT2D eigenvalue weighted by atomic mass is 19.4. The zero-order chi connectivity index (χ0) is 20.3. The minimum atomic E-state index is -4.49. The lowest BCUT2D eigenvalue weighted by Crippen LogP contribution is -2.45. The maximum atomic E-state index is 12.8. The van der Waals surface area contributed by atoms with Crippen LogP contribution in [0, 0.1) is 6.92 Å². The number of carbonyl (C=O) groups is 2.